The molecule has 0 aromatic rings. The average molecular weight is 460 g/mol. The van der Waals surface area contributed by atoms with Gasteiger partial charge in [0.2, 0.25) is 0 Å². The number of unbranched alkanes of at least 4 members (excludes halogenated alkanes) is 7. The Hall–Kier alpha value is 0.117. The highest BCUT2D eigenvalue weighted by atomic mass is 32.2. The third-order valence-corrected chi connectivity index (χ3v) is 10.0. The highest BCUT2D eigenvalue weighted by Crippen LogP contribution is 2.18. The molecule has 2 unspecified atom stereocenters. The van der Waals surface area contributed by atoms with Crippen molar-refractivity contribution in [3.63, 3.8) is 0 Å². The molecule has 1 saturated heterocycles. The largest absolute Gasteiger partial charge is 0.355 e. The molecule has 1 aliphatic rings. The van der Waals surface area contributed by atoms with Crippen LogP contribution in [0, 0.1) is 0 Å². The maximum absolute atomic E-state index is 11.7. The molecular formula is C24H49NO3SSi. The van der Waals surface area contributed by atoms with Crippen molar-refractivity contribution in [2.24, 2.45) is 0 Å². The first-order valence-corrected chi connectivity index (χ1v) is 16.0. The van der Waals surface area contributed by atoms with Gasteiger partial charge in [0.05, 0.1) is 6.10 Å². The van der Waals surface area contributed by atoms with Crippen LogP contribution >= 0.6 is 11.8 Å². The van der Waals surface area contributed by atoms with Crippen LogP contribution in [0.15, 0.2) is 0 Å². The quantitative estimate of drug-likeness (QED) is 0.145. The van der Waals surface area contributed by atoms with Crippen LogP contribution in [0.5, 0.6) is 0 Å². The molecule has 0 aromatic carbocycles. The Bertz CT molecular complexity index is 391. The lowest BCUT2D eigenvalue weighted by Crippen LogP contribution is -2.38. The Morgan fingerprint density at radius 3 is 2.57 bits per heavy atom. The summed E-state index contributed by atoms with van der Waals surface area (Å²) in [6, 6.07) is 2.67. The summed E-state index contributed by atoms with van der Waals surface area (Å²) in [5.74, 6) is 1.01. The Balaban J connectivity index is 1.95. The van der Waals surface area contributed by atoms with E-state index in [1.807, 2.05) is 0 Å². The molecule has 2 atom stereocenters. The molecule has 0 saturated carbocycles. The van der Waals surface area contributed by atoms with Crippen LogP contribution in [0.3, 0.4) is 0 Å². The number of nitrogens with one attached hydrogen (secondary N) is 1. The van der Waals surface area contributed by atoms with E-state index in [0.29, 0.717) is 18.0 Å². The molecule has 0 bridgehead atoms. The van der Waals surface area contributed by atoms with Gasteiger partial charge in [-0.3, -0.25) is 4.79 Å². The molecule has 6 heteroatoms. The van der Waals surface area contributed by atoms with Crippen LogP contribution in [0.25, 0.3) is 0 Å². The Labute approximate surface area is 192 Å². The van der Waals surface area contributed by atoms with Gasteiger partial charge in [0.25, 0.3) is 0 Å². The number of carbonyl (C=O) groups excluding carboxylic acids is 1. The van der Waals surface area contributed by atoms with Gasteiger partial charge in [-0.15, -0.1) is 0 Å². The van der Waals surface area contributed by atoms with Crippen LogP contribution in [0.1, 0.15) is 104 Å². The van der Waals surface area contributed by atoms with Gasteiger partial charge in [-0.2, -0.15) is 0 Å². The second-order valence-electron chi connectivity index (χ2n) is 8.77. The molecule has 178 valence electrons. The molecule has 0 spiro atoms. The van der Waals surface area contributed by atoms with Crippen molar-refractivity contribution in [3.05, 3.63) is 0 Å². The molecule has 1 N–H and O–H groups in total. The van der Waals surface area contributed by atoms with E-state index >= 15 is 0 Å². The van der Waals surface area contributed by atoms with Crippen LogP contribution < -0.4 is 4.98 Å². The standard InChI is InChI=1S/C24H49NO3SSi/c1-3-5-7-8-9-10-11-18-27-22-28-23-14-12-20-30(25-17-16-23)21-13-19-29-24(26)15-6-4-2/h23,25,30H,3-22H2,1-2H3. The molecule has 30 heavy (non-hydrogen) atoms. The predicted molar refractivity (Wildman–Crippen MR) is 134 cm³/mol. The van der Waals surface area contributed by atoms with Gasteiger partial charge in [-0.1, -0.05) is 77.0 Å². The van der Waals surface area contributed by atoms with Gasteiger partial charge in [0.1, 0.15) is 15.8 Å². The molecule has 1 rings (SSSR count). The summed E-state index contributed by atoms with van der Waals surface area (Å²) >= 11 is 1.56. The normalized spacial score (nSPS) is 20.1. The molecule has 0 amide bonds. The topological polar surface area (TPSA) is 47.6 Å². The Kier molecular flexibility index (Phi) is 19.7. The van der Waals surface area contributed by atoms with Crippen LogP contribution in [0.4, 0.5) is 0 Å². The minimum Gasteiger partial charge on any atom is -0.355 e. The van der Waals surface area contributed by atoms with Gasteiger partial charge in [-0.25, -0.2) is 0 Å². The highest BCUT2D eigenvalue weighted by molar-refractivity contribution is 8.13. The first-order valence-electron chi connectivity index (χ1n) is 12.8. The van der Waals surface area contributed by atoms with Crippen LogP contribution in [-0.2, 0) is 14.3 Å². The molecule has 1 aliphatic heterocycles. The minimum atomic E-state index is -0.832. The SMILES string of the molecule is CCCCCCCCCOCOC1CCC[SiH](CCCSC(=O)CCCC)NCC1. The van der Waals surface area contributed by atoms with E-state index in [4.69, 9.17) is 9.47 Å². The fraction of sp³-hybridized carbons (Fsp3) is 0.958. The zero-order valence-corrected chi connectivity index (χ0v) is 21.9. The summed E-state index contributed by atoms with van der Waals surface area (Å²) in [6.45, 7) is 6.80. The van der Waals surface area contributed by atoms with E-state index in [-0.39, 0.29) is 0 Å². The Morgan fingerprint density at radius 1 is 1.00 bits per heavy atom. The summed E-state index contributed by atoms with van der Waals surface area (Å²) in [5, 5.41) is 0.387. The van der Waals surface area contributed by atoms with Gasteiger partial charge >= 0.3 is 0 Å². The van der Waals surface area contributed by atoms with Crippen molar-refractivity contribution in [1.82, 2.24) is 4.98 Å². The van der Waals surface area contributed by atoms with Gasteiger partial charge in [0.15, 0.2) is 5.12 Å². The number of hydrogen-bond donors (Lipinski definition) is 1. The fourth-order valence-corrected chi connectivity index (χ4v) is 7.79. The van der Waals surface area contributed by atoms with Crippen molar-refractivity contribution in [1.29, 1.82) is 0 Å². The molecule has 1 fully saturated rings. The summed E-state index contributed by atoms with van der Waals surface area (Å²) in [7, 11) is -0.832. The smallest absolute Gasteiger partial charge is 0.188 e. The molecule has 1 heterocycles. The van der Waals surface area contributed by atoms with Crippen LogP contribution in [0.2, 0.25) is 12.1 Å². The minimum absolute atomic E-state index is 0.355. The molecule has 0 aliphatic carbocycles. The number of carbonyl (C=O) groups is 1. The average Bonchev–Trinajstić information content (AvgIpc) is 2.73. The van der Waals surface area contributed by atoms with Gasteiger partial charge in [-0.05, 0) is 50.7 Å². The van der Waals surface area contributed by atoms with E-state index < -0.39 is 8.96 Å². The summed E-state index contributed by atoms with van der Waals surface area (Å²) in [5.41, 5.74) is 0. The van der Waals surface area contributed by atoms with Gasteiger partial charge < -0.3 is 14.5 Å². The predicted octanol–water partition coefficient (Wildman–Crippen LogP) is 6.43. The van der Waals surface area contributed by atoms with E-state index in [1.54, 1.807) is 11.8 Å². The number of ether oxygens (including phenoxy) is 2. The fourth-order valence-electron chi connectivity index (χ4n) is 3.97. The second kappa shape index (κ2) is 21.0. The number of rotatable bonds is 18. The monoisotopic (exact) mass is 459 g/mol. The third-order valence-electron chi connectivity index (χ3n) is 5.95. The molecule has 0 aromatic heterocycles. The van der Waals surface area contributed by atoms with E-state index in [2.05, 4.69) is 18.8 Å². The maximum atomic E-state index is 11.7. The zero-order chi connectivity index (χ0) is 21.7. The molecular weight excluding hydrogens is 410 g/mol. The first kappa shape index (κ1) is 28.2. The first-order chi connectivity index (χ1) is 14.8. The number of thioether (sulfide) groups is 1. The summed E-state index contributed by atoms with van der Waals surface area (Å²) < 4.78 is 11.7. The lowest BCUT2D eigenvalue weighted by atomic mass is 10.1. The van der Waals surface area contributed by atoms with Crippen molar-refractivity contribution in [3.8, 4) is 0 Å². The summed E-state index contributed by atoms with van der Waals surface area (Å²) in [4.78, 5) is 15.6. The van der Waals surface area contributed by atoms with Crippen molar-refractivity contribution < 1.29 is 14.3 Å². The summed E-state index contributed by atoms with van der Waals surface area (Å²) in [6.07, 6.45) is 17.3. The number of hydrogen-bond acceptors (Lipinski definition) is 5. The lowest BCUT2D eigenvalue weighted by Gasteiger charge is -2.25. The highest BCUT2D eigenvalue weighted by Gasteiger charge is 2.18. The van der Waals surface area contributed by atoms with E-state index in [9.17, 15) is 4.79 Å². The second-order valence-corrected chi connectivity index (χ2v) is 12.9. The third kappa shape index (κ3) is 16.8. The van der Waals surface area contributed by atoms with E-state index in [1.165, 1.54) is 69.9 Å². The zero-order valence-electron chi connectivity index (χ0n) is 19.9. The molecule has 0 radical (unpaired) electrons. The van der Waals surface area contributed by atoms with Crippen molar-refractivity contribution in [2.75, 3.05) is 25.7 Å². The van der Waals surface area contributed by atoms with Gasteiger partial charge in [0, 0.05) is 18.8 Å². The Morgan fingerprint density at radius 2 is 1.77 bits per heavy atom. The van der Waals surface area contributed by atoms with E-state index in [0.717, 1.165) is 51.0 Å². The van der Waals surface area contributed by atoms with Crippen molar-refractivity contribution >= 4 is 25.8 Å². The molecule has 4 nitrogen and oxygen atoms in total. The van der Waals surface area contributed by atoms with Crippen molar-refractivity contribution in [2.45, 2.75) is 122 Å². The van der Waals surface area contributed by atoms with Crippen LogP contribution in [-0.4, -0.2) is 45.9 Å². The maximum Gasteiger partial charge on any atom is 0.188 e. The lowest BCUT2D eigenvalue weighted by molar-refractivity contribution is -0.111.